The van der Waals surface area contributed by atoms with Crippen LogP contribution < -0.4 is 10.1 Å². The summed E-state index contributed by atoms with van der Waals surface area (Å²) < 4.78 is 46.1. The molecule has 2 heterocycles. The minimum atomic E-state index is -4.81. The number of anilines is 1. The Bertz CT molecular complexity index is 1000. The molecule has 0 aliphatic heterocycles. The molecule has 3 rings (SSSR count). The van der Waals surface area contributed by atoms with Crippen LogP contribution in [0.1, 0.15) is 27.4 Å². The number of nitrogens with zero attached hydrogens (tertiary/aromatic N) is 2. The molecule has 0 aliphatic carbocycles. The van der Waals surface area contributed by atoms with E-state index < -0.39 is 18.0 Å². The third kappa shape index (κ3) is 5.50. The fraction of sp³-hybridized carbons (Fsp3) is 0.211. The van der Waals surface area contributed by atoms with Crippen LogP contribution in [0.25, 0.3) is 0 Å². The van der Waals surface area contributed by atoms with Crippen molar-refractivity contribution in [2.45, 2.75) is 31.0 Å². The van der Waals surface area contributed by atoms with Crippen molar-refractivity contribution in [3.63, 3.8) is 0 Å². The lowest BCUT2D eigenvalue weighted by Gasteiger charge is -2.12. The number of ether oxygens (including phenoxy) is 1. The van der Waals surface area contributed by atoms with Crippen molar-refractivity contribution in [3.8, 4) is 5.75 Å². The summed E-state index contributed by atoms with van der Waals surface area (Å²) in [6.07, 6.45) is -3.25. The predicted molar refractivity (Wildman–Crippen MR) is 101 cm³/mol. The van der Waals surface area contributed by atoms with E-state index in [4.69, 9.17) is 4.52 Å². The monoisotopic (exact) mass is 423 g/mol. The van der Waals surface area contributed by atoms with Crippen LogP contribution in [0.15, 0.2) is 52.1 Å². The quantitative estimate of drug-likeness (QED) is 0.554. The fourth-order valence-electron chi connectivity index (χ4n) is 2.50. The van der Waals surface area contributed by atoms with Crippen LogP contribution in [0.4, 0.5) is 18.9 Å². The van der Waals surface area contributed by atoms with Crippen LogP contribution in [-0.2, 0) is 5.75 Å². The van der Waals surface area contributed by atoms with Crippen molar-refractivity contribution in [2.75, 3.05) is 5.32 Å². The molecule has 0 bridgehead atoms. The first kappa shape index (κ1) is 20.7. The maximum atomic E-state index is 12.7. The number of pyridine rings is 1. The first-order valence-corrected chi connectivity index (χ1v) is 9.38. The Labute approximate surface area is 168 Å². The van der Waals surface area contributed by atoms with Crippen LogP contribution >= 0.6 is 11.8 Å². The normalized spacial score (nSPS) is 11.3. The molecule has 0 atom stereocenters. The van der Waals surface area contributed by atoms with Gasteiger partial charge < -0.3 is 14.6 Å². The third-order valence-electron chi connectivity index (χ3n) is 3.88. The zero-order valence-corrected chi connectivity index (χ0v) is 16.2. The van der Waals surface area contributed by atoms with Gasteiger partial charge in [-0.05, 0) is 38.1 Å². The summed E-state index contributed by atoms with van der Waals surface area (Å²) in [7, 11) is 0. The van der Waals surface area contributed by atoms with Gasteiger partial charge in [0.05, 0.1) is 11.3 Å². The van der Waals surface area contributed by atoms with Gasteiger partial charge in [-0.2, -0.15) is 0 Å². The zero-order valence-electron chi connectivity index (χ0n) is 15.4. The van der Waals surface area contributed by atoms with Gasteiger partial charge in [-0.1, -0.05) is 11.2 Å². The fourth-order valence-corrected chi connectivity index (χ4v) is 3.64. The van der Waals surface area contributed by atoms with Crippen molar-refractivity contribution >= 4 is 23.4 Å². The van der Waals surface area contributed by atoms with Gasteiger partial charge in [-0.15, -0.1) is 24.9 Å². The Kier molecular flexibility index (Phi) is 6.12. The van der Waals surface area contributed by atoms with E-state index in [0.29, 0.717) is 22.1 Å². The van der Waals surface area contributed by atoms with E-state index in [2.05, 4.69) is 20.2 Å². The van der Waals surface area contributed by atoms with Gasteiger partial charge >= 0.3 is 6.36 Å². The van der Waals surface area contributed by atoms with Gasteiger partial charge in [0.25, 0.3) is 5.91 Å². The molecule has 0 saturated carbocycles. The lowest BCUT2D eigenvalue weighted by Crippen LogP contribution is -2.17. The Hall–Kier alpha value is -3.01. The second-order valence-corrected chi connectivity index (χ2v) is 6.94. The number of benzene rings is 1. The van der Waals surface area contributed by atoms with E-state index in [1.54, 1.807) is 25.3 Å². The number of hydrogen-bond donors (Lipinski definition) is 1. The van der Waals surface area contributed by atoms with E-state index in [1.165, 1.54) is 23.9 Å². The first-order valence-electron chi connectivity index (χ1n) is 8.39. The minimum Gasteiger partial charge on any atom is -0.406 e. The van der Waals surface area contributed by atoms with Gasteiger partial charge in [0.2, 0.25) is 0 Å². The lowest BCUT2D eigenvalue weighted by molar-refractivity contribution is -0.274. The van der Waals surface area contributed by atoms with E-state index in [1.807, 2.05) is 6.92 Å². The van der Waals surface area contributed by atoms with Gasteiger partial charge in [-0.25, -0.2) is 4.98 Å². The van der Waals surface area contributed by atoms with Gasteiger partial charge in [-0.3, -0.25) is 4.79 Å². The van der Waals surface area contributed by atoms with Crippen molar-refractivity contribution in [1.29, 1.82) is 0 Å². The summed E-state index contributed by atoms with van der Waals surface area (Å²) in [6, 6.07) is 8.27. The highest BCUT2D eigenvalue weighted by Gasteiger charge is 2.31. The largest absolute Gasteiger partial charge is 0.573 e. The zero-order chi connectivity index (χ0) is 21.0. The number of carbonyl (C=O) groups excluding carboxylic acids is 1. The molecule has 6 nitrogen and oxygen atoms in total. The Balaban J connectivity index is 1.74. The maximum absolute atomic E-state index is 12.7. The number of hydrogen-bond acceptors (Lipinski definition) is 6. The molecule has 0 radical (unpaired) electrons. The summed E-state index contributed by atoms with van der Waals surface area (Å²) in [5.41, 5.74) is 2.15. The van der Waals surface area contributed by atoms with Gasteiger partial charge in [0.15, 0.2) is 0 Å². The molecular formula is C19H16F3N3O3S. The number of alkyl halides is 3. The van der Waals surface area contributed by atoms with Crippen molar-refractivity contribution in [2.24, 2.45) is 0 Å². The standard InChI is InChI=1S/C19H16F3N3O3S/c1-11-16(12(2)28-25-11)10-29-18-15(7-4-8-23-18)17(26)24-13-5-3-6-14(9-13)27-19(20,21)22/h3-9H,10H2,1-2H3,(H,24,26). The number of halogens is 3. The molecule has 2 aromatic heterocycles. The molecule has 0 fully saturated rings. The first-order chi connectivity index (χ1) is 13.7. The minimum absolute atomic E-state index is 0.169. The van der Waals surface area contributed by atoms with Crippen LogP contribution in [0.3, 0.4) is 0 Å². The number of amides is 1. The summed E-state index contributed by atoms with van der Waals surface area (Å²) in [5.74, 6) is 0.282. The molecule has 0 unspecified atom stereocenters. The van der Waals surface area contributed by atoms with Crippen LogP contribution in [0, 0.1) is 13.8 Å². The molecule has 1 N–H and O–H groups in total. The molecule has 0 saturated heterocycles. The van der Waals surface area contributed by atoms with Gasteiger partial charge in [0, 0.05) is 29.3 Å². The van der Waals surface area contributed by atoms with E-state index in [0.717, 1.165) is 23.4 Å². The molecule has 0 spiro atoms. The number of rotatable bonds is 6. The number of aryl methyl sites for hydroxylation is 2. The average molecular weight is 423 g/mol. The van der Waals surface area contributed by atoms with Crippen molar-refractivity contribution in [1.82, 2.24) is 10.1 Å². The van der Waals surface area contributed by atoms with Crippen molar-refractivity contribution in [3.05, 3.63) is 65.2 Å². The molecule has 1 aromatic carbocycles. The average Bonchev–Trinajstić information content (AvgIpc) is 2.97. The maximum Gasteiger partial charge on any atom is 0.573 e. The molecule has 1 amide bonds. The number of carbonyl (C=O) groups is 1. The Morgan fingerprint density at radius 3 is 2.72 bits per heavy atom. The SMILES string of the molecule is Cc1noc(C)c1CSc1ncccc1C(=O)Nc1cccc(OC(F)(F)F)c1. The van der Waals surface area contributed by atoms with Crippen LogP contribution in [-0.4, -0.2) is 22.4 Å². The van der Waals surface area contributed by atoms with E-state index in [-0.39, 0.29) is 5.69 Å². The highest BCUT2D eigenvalue weighted by atomic mass is 32.2. The highest BCUT2D eigenvalue weighted by Crippen LogP contribution is 2.29. The van der Waals surface area contributed by atoms with Crippen LogP contribution in [0.5, 0.6) is 5.75 Å². The molecule has 10 heteroatoms. The van der Waals surface area contributed by atoms with E-state index in [9.17, 15) is 18.0 Å². The summed E-state index contributed by atoms with van der Waals surface area (Å²) in [5, 5.41) is 6.94. The topological polar surface area (TPSA) is 77.2 Å². The molecule has 29 heavy (non-hydrogen) atoms. The van der Waals surface area contributed by atoms with Crippen LogP contribution in [0.2, 0.25) is 0 Å². The lowest BCUT2D eigenvalue weighted by atomic mass is 10.2. The highest BCUT2D eigenvalue weighted by molar-refractivity contribution is 7.98. The molecule has 3 aromatic rings. The molecular weight excluding hydrogens is 407 g/mol. The molecule has 152 valence electrons. The second-order valence-electron chi connectivity index (χ2n) is 5.98. The summed E-state index contributed by atoms with van der Waals surface area (Å²) in [4.78, 5) is 16.9. The molecule has 0 aliphatic rings. The smallest absolute Gasteiger partial charge is 0.406 e. The third-order valence-corrected chi connectivity index (χ3v) is 4.91. The Morgan fingerprint density at radius 1 is 1.24 bits per heavy atom. The van der Waals surface area contributed by atoms with Crippen molar-refractivity contribution < 1.29 is 27.2 Å². The number of thioether (sulfide) groups is 1. The summed E-state index contributed by atoms with van der Waals surface area (Å²) >= 11 is 1.34. The number of aromatic nitrogens is 2. The number of nitrogens with one attached hydrogen (secondary N) is 1. The Morgan fingerprint density at radius 2 is 2.03 bits per heavy atom. The van der Waals surface area contributed by atoms with E-state index >= 15 is 0 Å². The summed E-state index contributed by atoms with van der Waals surface area (Å²) in [6.45, 7) is 3.63. The predicted octanol–water partition coefficient (Wildman–Crippen LogP) is 5.13. The van der Waals surface area contributed by atoms with Gasteiger partial charge in [0.1, 0.15) is 16.5 Å². The second kappa shape index (κ2) is 8.56.